The van der Waals surface area contributed by atoms with E-state index in [0.717, 1.165) is 17.1 Å². The Morgan fingerprint density at radius 2 is 1.88 bits per heavy atom. The molecule has 8 heteroatoms. The second kappa shape index (κ2) is 8.08. The van der Waals surface area contributed by atoms with Crippen molar-refractivity contribution in [2.45, 2.75) is 58.8 Å². The van der Waals surface area contributed by atoms with Crippen LogP contribution in [-0.4, -0.2) is 49.1 Å². The first-order chi connectivity index (χ1) is 12.1. The van der Waals surface area contributed by atoms with Crippen LogP contribution >= 0.6 is 0 Å². The molecule has 1 aliphatic heterocycles. The number of esters is 1. The minimum absolute atomic E-state index is 0.162. The lowest BCUT2D eigenvalue weighted by molar-refractivity contribution is -0.138. The zero-order valence-corrected chi connectivity index (χ0v) is 16.9. The Hall–Kier alpha value is -1.41. The molecule has 0 unspecified atom stereocenters. The Balaban J connectivity index is 2.40. The lowest BCUT2D eigenvalue weighted by atomic mass is 9.72. The molecule has 0 radical (unpaired) electrons. The Kier molecular flexibility index (Phi) is 6.50. The molecule has 1 saturated heterocycles. The van der Waals surface area contributed by atoms with Gasteiger partial charge in [0.05, 0.1) is 6.61 Å². The van der Waals surface area contributed by atoms with Crippen LogP contribution in [0.3, 0.4) is 0 Å². The highest BCUT2D eigenvalue weighted by atomic mass is 32.2. The van der Waals surface area contributed by atoms with Gasteiger partial charge in [0.25, 0.3) is 0 Å². The smallest absolute Gasteiger partial charge is 0.307 e. The lowest BCUT2D eigenvalue weighted by Crippen LogP contribution is -2.42. The zero-order chi connectivity index (χ0) is 19.6. The van der Waals surface area contributed by atoms with E-state index in [4.69, 9.17) is 9.47 Å². The average molecular weight is 387 g/mol. The van der Waals surface area contributed by atoms with E-state index in [9.17, 15) is 18.0 Å². The van der Waals surface area contributed by atoms with Gasteiger partial charge in [-0.25, -0.2) is 12.7 Å². The fourth-order valence-corrected chi connectivity index (χ4v) is 6.49. The maximum absolute atomic E-state index is 12.9. The fourth-order valence-electron chi connectivity index (χ4n) is 4.13. The monoisotopic (exact) mass is 387 g/mol. The molecule has 26 heavy (non-hydrogen) atoms. The van der Waals surface area contributed by atoms with Crippen LogP contribution in [0.4, 0.5) is 0 Å². The Labute approximate surface area is 155 Å². The predicted octanol–water partition coefficient (Wildman–Crippen LogP) is 2.08. The van der Waals surface area contributed by atoms with Gasteiger partial charge in [0.15, 0.2) is 0 Å². The molecule has 148 valence electrons. The molecule has 0 bridgehead atoms. The number of sulfonamides is 1. The summed E-state index contributed by atoms with van der Waals surface area (Å²) in [4.78, 5) is 23.4. The van der Waals surface area contributed by atoms with Gasteiger partial charge in [-0.2, -0.15) is 0 Å². The number of unbranched alkanes of at least 4 members (excludes halogenated alkanes) is 1. The van der Waals surface area contributed by atoms with E-state index >= 15 is 0 Å². The van der Waals surface area contributed by atoms with Crippen LogP contribution in [0.1, 0.15) is 47.5 Å². The van der Waals surface area contributed by atoms with Crippen LogP contribution in [0.5, 0.6) is 0 Å². The molecule has 2 aliphatic rings. The van der Waals surface area contributed by atoms with E-state index in [-0.39, 0.29) is 17.8 Å². The first-order valence-electron chi connectivity index (χ1n) is 9.14. The van der Waals surface area contributed by atoms with Crippen LogP contribution < -0.4 is 0 Å². The largest absolute Gasteiger partial charge is 0.431 e. The summed E-state index contributed by atoms with van der Waals surface area (Å²) in [7, 11) is -3.84. The number of allylic oxidation sites excluding steroid dienone is 1. The van der Waals surface area contributed by atoms with Gasteiger partial charge >= 0.3 is 5.97 Å². The molecular formula is C18H29NO6S. The summed E-state index contributed by atoms with van der Waals surface area (Å²) in [5, 5.41) is -0.883. The Bertz CT molecular complexity index is 686. The van der Waals surface area contributed by atoms with Gasteiger partial charge in [-0.15, -0.1) is 0 Å². The van der Waals surface area contributed by atoms with Crippen molar-refractivity contribution < 1.29 is 27.5 Å². The third-order valence-electron chi connectivity index (χ3n) is 5.36. The van der Waals surface area contributed by atoms with Gasteiger partial charge in [0.2, 0.25) is 15.9 Å². The highest BCUT2D eigenvalue weighted by Crippen LogP contribution is 2.47. The molecule has 1 fully saturated rings. The third-order valence-corrected chi connectivity index (χ3v) is 7.64. The van der Waals surface area contributed by atoms with Crippen LogP contribution in [-0.2, 0) is 29.1 Å². The normalized spacial score (nSPS) is 32.7. The van der Waals surface area contributed by atoms with E-state index in [0.29, 0.717) is 19.0 Å². The van der Waals surface area contributed by atoms with E-state index in [2.05, 4.69) is 6.92 Å². The number of carbonyl (C=O) groups is 2. The Morgan fingerprint density at radius 1 is 1.23 bits per heavy atom. The number of rotatable bonds is 6. The second-order valence-electron chi connectivity index (χ2n) is 7.19. The van der Waals surface area contributed by atoms with Gasteiger partial charge in [0, 0.05) is 38.3 Å². The summed E-state index contributed by atoms with van der Waals surface area (Å²) in [6.45, 7) is 9.27. The molecule has 7 nitrogen and oxygen atoms in total. The number of nitrogens with zero attached hydrogens (tertiary/aromatic N) is 1. The molecule has 2 rings (SSSR count). The van der Waals surface area contributed by atoms with Crippen molar-refractivity contribution in [3.05, 3.63) is 11.8 Å². The topological polar surface area (TPSA) is 90.0 Å². The van der Waals surface area contributed by atoms with Crippen LogP contribution in [0.2, 0.25) is 0 Å². The lowest BCUT2D eigenvalue weighted by Gasteiger charge is -2.37. The summed E-state index contributed by atoms with van der Waals surface area (Å²) in [6, 6.07) is -0.458. The molecule has 1 heterocycles. The number of fused-ring (bicyclic) bond motifs is 1. The van der Waals surface area contributed by atoms with Crippen molar-refractivity contribution in [3.8, 4) is 0 Å². The SMILES string of the molecule is CCCCOC[C@@H]1[C@@H]2[C@@H](C)N(C(C)=O)S(=O)(=O)[C@@H]2C=C(OC(C)=O)[C@H]1C. The van der Waals surface area contributed by atoms with Crippen molar-refractivity contribution in [3.63, 3.8) is 0 Å². The van der Waals surface area contributed by atoms with Crippen molar-refractivity contribution in [1.82, 2.24) is 4.31 Å². The number of carbonyl (C=O) groups excluding carboxylic acids is 2. The van der Waals surface area contributed by atoms with E-state index in [1.165, 1.54) is 19.9 Å². The van der Waals surface area contributed by atoms with Crippen molar-refractivity contribution >= 4 is 21.9 Å². The molecule has 0 aromatic carbocycles. The molecule has 1 aliphatic carbocycles. The van der Waals surface area contributed by atoms with Crippen molar-refractivity contribution in [2.24, 2.45) is 17.8 Å². The molecule has 0 spiro atoms. The van der Waals surface area contributed by atoms with Gasteiger partial charge in [0.1, 0.15) is 11.0 Å². The van der Waals surface area contributed by atoms with Gasteiger partial charge < -0.3 is 9.47 Å². The van der Waals surface area contributed by atoms with Gasteiger partial charge in [-0.3, -0.25) is 9.59 Å². The standard InChI is InChI=1S/C18H29NO6S/c1-6-7-8-24-10-15-11(2)16(25-14(5)21)9-17-18(15)12(3)19(13(4)20)26(17,22)23/h9,11-12,15,17-18H,6-8,10H2,1-5H3/t11-,12+,15-,17+,18-/m0/s1. The van der Waals surface area contributed by atoms with E-state index in [1.807, 2.05) is 6.92 Å². The summed E-state index contributed by atoms with van der Waals surface area (Å²) in [5.41, 5.74) is 0. The third kappa shape index (κ3) is 3.81. The fraction of sp³-hybridized carbons (Fsp3) is 0.778. The maximum atomic E-state index is 12.9. The molecular weight excluding hydrogens is 358 g/mol. The highest BCUT2D eigenvalue weighted by molar-refractivity contribution is 7.90. The second-order valence-corrected chi connectivity index (χ2v) is 9.15. The number of ether oxygens (including phenoxy) is 2. The molecule has 5 atom stereocenters. The first kappa shape index (κ1) is 20.9. The highest BCUT2D eigenvalue weighted by Gasteiger charge is 2.57. The van der Waals surface area contributed by atoms with Crippen molar-refractivity contribution in [1.29, 1.82) is 0 Å². The maximum Gasteiger partial charge on any atom is 0.307 e. The van der Waals surface area contributed by atoms with Crippen LogP contribution in [0, 0.1) is 17.8 Å². The number of amides is 1. The number of hydrogen-bond acceptors (Lipinski definition) is 6. The summed E-state index contributed by atoms with van der Waals surface area (Å²) in [6.07, 6.45) is 3.44. The number of hydrogen-bond donors (Lipinski definition) is 0. The molecule has 0 saturated carbocycles. The molecule has 0 N–H and O–H groups in total. The van der Waals surface area contributed by atoms with Crippen molar-refractivity contribution in [2.75, 3.05) is 13.2 Å². The summed E-state index contributed by atoms with van der Waals surface area (Å²) < 4.78 is 37.9. The quantitative estimate of drug-likeness (QED) is 0.512. The van der Waals surface area contributed by atoms with Crippen LogP contribution in [0.15, 0.2) is 11.8 Å². The molecule has 1 amide bonds. The predicted molar refractivity (Wildman–Crippen MR) is 96.4 cm³/mol. The Morgan fingerprint density at radius 3 is 2.42 bits per heavy atom. The molecule has 0 aromatic rings. The summed E-state index contributed by atoms with van der Waals surface area (Å²) in [5.74, 6) is -1.26. The average Bonchev–Trinajstić information content (AvgIpc) is 2.72. The van der Waals surface area contributed by atoms with E-state index < -0.39 is 33.2 Å². The zero-order valence-electron chi connectivity index (χ0n) is 16.1. The van der Waals surface area contributed by atoms with Gasteiger partial charge in [-0.05, 0) is 25.3 Å². The first-order valence-corrected chi connectivity index (χ1v) is 10.6. The van der Waals surface area contributed by atoms with E-state index in [1.54, 1.807) is 6.92 Å². The minimum atomic E-state index is -3.84. The van der Waals surface area contributed by atoms with Crippen LogP contribution in [0.25, 0.3) is 0 Å². The summed E-state index contributed by atoms with van der Waals surface area (Å²) >= 11 is 0. The van der Waals surface area contributed by atoms with Gasteiger partial charge in [-0.1, -0.05) is 20.3 Å². The molecule has 0 aromatic heterocycles. The minimum Gasteiger partial charge on any atom is -0.431 e.